The average Bonchev–Trinajstić information content (AvgIpc) is 2.37. The van der Waals surface area contributed by atoms with Crippen LogP contribution in [0, 0.1) is 0 Å². The van der Waals surface area contributed by atoms with Crippen LogP contribution in [-0.4, -0.2) is 24.9 Å². The van der Waals surface area contributed by atoms with Gasteiger partial charge in [-0.2, -0.15) is 0 Å². The predicted octanol–water partition coefficient (Wildman–Crippen LogP) is 3.35. The Morgan fingerprint density at radius 2 is 2.00 bits per heavy atom. The van der Waals surface area contributed by atoms with Gasteiger partial charge in [0.25, 0.3) is 5.91 Å². The van der Waals surface area contributed by atoms with E-state index in [1.165, 1.54) is 0 Å². The molecule has 110 valence electrons. The standard InChI is InChI=1S/C16H18BrN3O/c1-20(2)10-11-4-3-5-13(8-11)19-16(21)14-7-6-12(17)9-15(14)18/h3-9H,10,18H2,1-2H3,(H,19,21). The summed E-state index contributed by atoms with van der Waals surface area (Å²) < 4.78 is 0.851. The third-order valence-electron chi connectivity index (χ3n) is 2.94. The highest BCUT2D eigenvalue weighted by molar-refractivity contribution is 9.10. The predicted molar refractivity (Wildman–Crippen MR) is 90.3 cm³/mol. The molecule has 0 aromatic heterocycles. The Morgan fingerprint density at radius 1 is 1.24 bits per heavy atom. The Morgan fingerprint density at radius 3 is 2.67 bits per heavy atom. The number of amides is 1. The Balaban J connectivity index is 2.15. The van der Waals surface area contributed by atoms with Crippen LogP contribution in [0.15, 0.2) is 46.9 Å². The van der Waals surface area contributed by atoms with Gasteiger partial charge in [0, 0.05) is 22.4 Å². The summed E-state index contributed by atoms with van der Waals surface area (Å²) in [6.45, 7) is 0.824. The molecule has 0 radical (unpaired) electrons. The van der Waals surface area contributed by atoms with E-state index in [0.29, 0.717) is 11.3 Å². The van der Waals surface area contributed by atoms with E-state index >= 15 is 0 Å². The Bertz CT molecular complexity index is 656. The molecule has 0 heterocycles. The van der Waals surface area contributed by atoms with Crippen molar-refractivity contribution in [1.29, 1.82) is 0 Å². The number of carbonyl (C=O) groups excluding carboxylic acids is 1. The van der Waals surface area contributed by atoms with Crippen molar-refractivity contribution in [3.8, 4) is 0 Å². The summed E-state index contributed by atoms with van der Waals surface area (Å²) in [5.41, 5.74) is 8.70. The van der Waals surface area contributed by atoms with E-state index in [2.05, 4.69) is 26.1 Å². The molecule has 0 aliphatic carbocycles. The molecule has 2 aromatic carbocycles. The van der Waals surface area contributed by atoms with Gasteiger partial charge in [-0.1, -0.05) is 28.1 Å². The van der Waals surface area contributed by atoms with Gasteiger partial charge in [-0.05, 0) is 50.0 Å². The summed E-state index contributed by atoms with van der Waals surface area (Å²) in [5.74, 6) is -0.206. The first kappa shape index (κ1) is 15.5. The van der Waals surface area contributed by atoms with Crippen molar-refractivity contribution >= 4 is 33.2 Å². The molecule has 4 nitrogen and oxygen atoms in total. The molecular formula is C16H18BrN3O. The van der Waals surface area contributed by atoms with E-state index < -0.39 is 0 Å². The molecule has 21 heavy (non-hydrogen) atoms. The van der Waals surface area contributed by atoms with Crippen LogP contribution in [0.4, 0.5) is 11.4 Å². The Labute approximate surface area is 133 Å². The number of carbonyl (C=O) groups is 1. The van der Waals surface area contributed by atoms with Crippen LogP contribution in [0.5, 0.6) is 0 Å². The molecule has 0 aliphatic rings. The van der Waals surface area contributed by atoms with Gasteiger partial charge in [-0.15, -0.1) is 0 Å². The van der Waals surface area contributed by atoms with Crippen LogP contribution in [0.2, 0.25) is 0 Å². The molecule has 5 heteroatoms. The number of hydrogen-bond donors (Lipinski definition) is 2. The highest BCUT2D eigenvalue weighted by atomic mass is 79.9. The lowest BCUT2D eigenvalue weighted by Gasteiger charge is -2.12. The van der Waals surface area contributed by atoms with Crippen molar-refractivity contribution in [2.75, 3.05) is 25.1 Å². The smallest absolute Gasteiger partial charge is 0.257 e. The molecule has 2 aromatic rings. The first-order valence-corrected chi connectivity index (χ1v) is 7.35. The van der Waals surface area contributed by atoms with Gasteiger partial charge in [0.05, 0.1) is 5.56 Å². The van der Waals surface area contributed by atoms with Crippen molar-refractivity contribution < 1.29 is 4.79 Å². The van der Waals surface area contributed by atoms with Crippen LogP contribution in [0.1, 0.15) is 15.9 Å². The number of nitrogens with zero attached hydrogens (tertiary/aromatic N) is 1. The summed E-state index contributed by atoms with van der Waals surface area (Å²) in [6, 6.07) is 13.0. The number of halogens is 1. The number of nitrogen functional groups attached to an aromatic ring is 1. The lowest BCUT2D eigenvalue weighted by molar-refractivity contribution is 0.102. The molecule has 0 saturated carbocycles. The number of nitrogens with two attached hydrogens (primary N) is 1. The Kier molecular flexibility index (Phi) is 4.98. The Hall–Kier alpha value is -1.85. The van der Waals surface area contributed by atoms with Crippen molar-refractivity contribution in [3.63, 3.8) is 0 Å². The highest BCUT2D eigenvalue weighted by Crippen LogP contribution is 2.20. The minimum Gasteiger partial charge on any atom is -0.398 e. The van der Waals surface area contributed by atoms with Crippen molar-refractivity contribution in [2.45, 2.75) is 6.54 Å². The van der Waals surface area contributed by atoms with Crippen molar-refractivity contribution in [3.05, 3.63) is 58.1 Å². The number of anilines is 2. The highest BCUT2D eigenvalue weighted by Gasteiger charge is 2.10. The van der Waals surface area contributed by atoms with E-state index in [1.807, 2.05) is 38.4 Å². The van der Waals surface area contributed by atoms with E-state index in [1.54, 1.807) is 18.2 Å². The van der Waals surface area contributed by atoms with E-state index in [0.717, 1.165) is 22.3 Å². The molecule has 0 fully saturated rings. The fourth-order valence-corrected chi connectivity index (χ4v) is 2.43. The molecule has 0 atom stereocenters. The second-order valence-electron chi connectivity index (χ2n) is 5.12. The SMILES string of the molecule is CN(C)Cc1cccc(NC(=O)c2ccc(Br)cc2N)c1. The summed E-state index contributed by atoms with van der Waals surface area (Å²) in [7, 11) is 4.02. The normalized spacial score (nSPS) is 10.7. The third-order valence-corrected chi connectivity index (χ3v) is 3.44. The van der Waals surface area contributed by atoms with E-state index in [-0.39, 0.29) is 5.91 Å². The quantitative estimate of drug-likeness (QED) is 0.833. The van der Waals surface area contributed by atoms with Crippen molar-refractivity contribution in [1.82, 2.24) is 4.90 Å². The summed E-state index contributed by atoms with van der Waals surface area (Å²) in [4.78, 5) is 14.3. The second kappa shape index (κ2) is 6.74. The van der Waals surface area contributed by atoms with Crippen LogP contribution >= 0.6 is 15.9 Å². The average molecular weight is 348 g/mol. The van der Waals surface area contributed by atoms with Gasteiger partial charge in [-0.25, -0.2) is 0 Å². The summed E-state index contributed by atoms with van der Waals surface area (Å²) >= 11 is 3.33. The van der Waals surface area contributed by atoms with Crippen LogP contribution < -0.4 is 11.1 Å². The summed E-state index contributed by atoms with van der Waals surface area (Å²) in [5, 5.41) is 2.88. The molecular weight excluding hydrogens is 330 g/mol. The molecule has 0 unspecified atom stereocenters. The number of benzene rings is 2. The molecule has 3 N–H and O–H groups in total. The molecule has 0 aliphatic heterocycles. The summed E-state index contributed by atoms with van der Waals surface area (Å²) in [6.07, 6.45) is 0. The molecule has 0 spiro atoms. The largest absolute Gasteiger partial charge is 0.398 e. The lowest BCUT2D eigenvalue weighted by atomic mass is 10.1. The number of nitrogens with one attached hydrogen (secondary N) is 1. The van der Waals surface area contributed by atoms with Crippen molar-refractivity contribution in [2.24, 2.45) is 0 Å². The van der Waals surface area contributed by atoms with E-state index in [9.17, 15) is 4.79 Å². The molecule has 0 saturated heterocycles. The molecule has 0 bridgehead atoms. The van der Waals surface area contributed by atoms with Crippen LogP contribution in [0.3, 0.4) is 0 Å². The minimum atomic E-state index is -0.206. The maximum absolute atomic E-state index is 12.3. The van der Waals surface area contributed by atoms with Gasteiger partial charge < -0.3 is 16.0 Å². The second-order valence-corrected chi connectivity index (χ2v) is 6.04. The fraction of sp³-hybridized carbons (Fsp3) is 0.188. The topological polar surface area (TPSA) is 58.4 Å². The minimum absolute atomic E-state index is 0.206. The van der Waals surface area contributed by atoms with Gasteiger partial charge in [0.1, 0.15) is 0 Å². The van der Waals surface area contributed by atoms with Crippen LogP contribution in [0.25, 0.3) is 0 Å². The molecule has 1 amide bonds. The number of rotatable bonds is 4. The zero-order chi connectivity index (χ0) is 15.4. The maximum atomic E-state index is 12.3. The van der Waals surface area contributed by atoms with Crippen LogP contribution in [-0.2, 0) is 6.54 Å². The monoisotopic (exact) mass is 347 g/mol. The molecule has 2 rings (SSSR count). The van der Waals surface area contributed by atoms with Gasteiger partial charge in [-0.3, -0.25) is 4.79 Å². The third kappa shape index (κ3) is 4.31. The lowest BCUT2D eigenvalue weighted by Crippen LogP contribution is -2.15. The van der Waals surface area contributed by atoms with Gasteiger partial charge in [0.2, 0.25) is 0 Å². The van der Waals surface area contributed by atoms with Gasteiger partial charge >= 0.3 is 0 Å². The zero-order valence-electron chi connectivity index (χ0n) is 12.1. The van der Waals surface area contributed by atoms with Gasteiger partial charge in [0.15, 0.2) is 0 Å². The first-order valence-electron chi connectivity index (χ1n) is 6.56. The zero-order valence-corrected chi connectivity index (χ0v) is 13.6. The fourth-order valence-electron chi connectivity index (χ4n) is 2.05. The maximum Gasteiger partial charge on any atom is 0.257 e. The van der Waals surface area contributed by atoms with E-state index in [4.69, 9.17) is 5.73 Å². The first-order chi connectivity index (χ1) is 9.95. The number of hydrogen-bond acceptors (Lipinski definition) is 3.